The van der Waals surface area contributed by atoms with Gasteiger partial charge in [-0.2, -0.15) is 5.10 Å². The zero-order valence-electron chi connectivity index (χ0n) is 13.0. The highest BCUT2D eigenvalue weighted by Crippen LogP contribution is 2.13. The molecule has 0 aliphatic carbocycles. The summed E-state index contributed by atoms with van der Waals surface area (Å²) in [7, 11) is 0. The van der Waals surface area contributed by atoms with Crippen molar-refractivity contribution >= 4 is 5.97 Å². The van der Waals surface area contributed by atoms with Crippen LogP contribution < -0.4 is 0 Å². The zero-order chi connectivity index (χ0) is 15.8. The van der Waals surface area contributed by atoms with Crippen LogP contribution >= 0.6 is 0 Å². The van der Waals surface area contributed by atoms with E-state index in [2.05, 4.69) is 23.9 Å². The highest BCUT2D eigenvalue weighted by molar-refractivity contribution is 5.87. The first kappa shape index (κ1) is 15.8. The maximum Gasteiger partial charge on any atom is 0.358 e. The molecule has 4 heteroatoms. The smallest absolute Gasteiger partial charge is 0.358 e. The van der Waals surface area contributed by atoms with E-state index in [-0.39, 0.29) is 5.69 Å². The molecule has 0 saturated carbocycles. The van der Waals surface area contributed by atoms with Crippen molar-refractivity contribution in [3.63, 3.8) is 0 Å². The van der Waals surface area contributed by atoms with Crippen molar-refractivity contribution < 1.29 is 9.53 Å². The molecule has 4 nitrogen and oxygen atoms in total. The molecule has 1 aromatic heterocycles. The normalized spacial score (nSPS) is 9.91. The van der Waals surface area contributed by atoms with Gasteiger partial charge in [0, 0.05) is 12.5 Å². The lowest BCUT2D eigenvalue weighted by Gasteiger charge is -2.02. The molecule has 1 aromatic carbocycles. The summed E-state index contributed by atoms with van der Waals surface area (Å²) in [5.74, 6) is 5.82. The van der Waals surface area contributed by atoms with Gasteiger partial charge in [0.2, 0.25) is 0 Å². The SMILES string of the molecule is CCCCC#Cc1cc(C(=O)OCC)nn1-c1ccccc1. The fraction of sp³-hybridized carbons (Fsp3) is 0.333. The number of carbonyl (C=O) groups is 1. The van der Waals surface area contributed by atoms with Gasteiger partial charge in [0.05, 0.1) is 12.3 Å². The van der Waals surface area contributed by atoms with Gasteiger partial charge in [-0.05, 0) is 31.4 Å². The van der Waals surface area contributed by atoms with Crippen LogP contribution in [0.15, 0.2) is 36.4 Å². The third-order valence-corrected chi connectivity index (χ3v) is 3.07. The summed E-state index contributed by atoms with van der Waals surface area (Å²) in [6.07, 6.45) is 3.02. The van der Waals surface area contributed by atoms with Crippen LogP contribution in [0.2, 0.25) is 0 Å². The first-order valence-electron chi connectivity index (χ1n) is 7.57. The Morgan fingerprint density at radius 2 is 2.05 bits per heavy atom. The van der Waals surface area contributed by atoms with Crippen molar-refractivity contribution in [2.24, 2.45) is 0 Å². The summed E-state index contributed by atoms with van der Waals surface area (Å²) in [5, 5.41) is 4.34. The second-order valence-corrected chi connectivity index (χ2v) is 4.79. The quantitative estimate of drug-likeness (QED) is 0.481. The Labute approximate surface area is 131 Å². The molecule has 1 heterocycles. The number of para-hydroxylation sites is 1. The molecule has 2 aromatic rings. The van der Waals surface area contributed by atoms with Gasteiger partial charge in [0.15, 0.2) is 5.69 Å². The van der Waals surface area contributed by atoms with Crippen LogP contribution in [0.3, 0.4) is 0 Å². The highest BCUT2D eigenvalue weighted by atomic mass is 16.5. The molecule has 2 rings (SSSR count). The Morgan fingerprint density at radius 3 is 2.73 bits per heavy atom. The summed E-state index contributed by atoms with van der Waals surface area (Å²) in [6.45, 7) is 4.24. The standard InChI is InChI=1S/C18H20N2O2/c1-3-5-6-8-13-16-14-17(18(21)22-4-2)19-20(16)15-11-9-7-10-12-15/h7,9-12,14H,3-6H2,1-2H3. The van der Waals surface area contributed by atoms with Crippen LogP contribution in [0, 0.1) is 11.8 Å². The largest absolute Gasteiger partial charge is 0.461 e. The number of nitrogens with zero attached hydrogens (tertiary/aromatic N) is 2. The molecule has 0 bridgehead atoms. The summed E-state index contributed by atoms with van der Waals surface area (Å²) in [6, 6.07) is 11.3. The number of aromatic nitrogens is 2. The van der Waals surface area contributed by atoms with Gasteiger partial charge in [-0.15, -0.1) is 0 Å². The monoisotopic (exact) mass is 296 g/mol. The van der Waals surface area contributed by atoms with Crippen LogP contribution in [0.25, 0.3) is 5.69 Å². The second-order valence-electron chi connectivity index (χ2n) is 4.79. The number of rotatable bonds is 5. The molecule has 0 amide bonds. The Morgan fingerprint density at radius 1 is 1.27 bits per heavy atom. The van der Waals surface area contributed by atoms with Crippen molar-refractivity contribution in [1.82, 2.24) is 9.78 Å². The van der Waals surface area contributed by atoms with E-state index >= 15 is 0 Å². The molecule has 0 saturated heterocycles. The summed E-state index contributed by atoms with van der Waals surface area (Å²) < 4.78 is 6.70. The van der Waals surface area contributed by atoms with Crippen molar-refractivity contribution in [1.29, 1.82) is 0 Å². The molecule has 0 spiro atoms. The predicted octanol–water partition coefficient (Wildman–Crippen LogP) is 3.59. The molecule has 0 N–H and O–H groups in total. The average Bonchev–Trinajstić information content (AvgIpc) is 2.97. The number of esters is 1. The number of hydrogen-bond acceptors (Lipinski definition) is 3. The Hall–Kier alpha value is -2.54. The number of benzene rings is 1. The third kappa shape index (κ3) is 3.98. The van der Waals surface area contributed by atoms with Gasteiger partial charge in [-0.25, -0.2) is 9.48 Å². The molecule has 0 fully saturated rings. The minimum atomic E-state index is -0.422. The van der Waals surface area contributed by atoms with Gasteiger partial charge in [-0.1, -0.05) is 37.5 Å². The van der Waals surface area contributed by atoms with Gasteiger partial charge < -0.3 is 4.74 Å². The lowest BCUT2D eigenvalue weighted by molar-refractivity contribution is 0.0519. The molecule has 114 valence electrons. The van der Waals surface area contributed by atoms with Gasteiger partial charge in [0.1, 0.15) is 5.69 Å². The van der Waals surface area contributed by atoms with E-state index in [0.717, 1.165) is 24.9 Å². The van der Waals surface area contributed by atoms with Crippen LogP contribution in [0.5, 0.6) is 0 Å². The Bertz CT molecular complexity index is 678. The van der Waals surface area contributed by atoms with E-state index in [4.69, 9.17) is 4.74 Å². The van der Waals surface area contributed by atoms with Crippen molar-refractivity contribution in [2.45, 2.75) is 33.1 Å². The molecular weight excluding hydrogens is 276 g/mol. The minimum Gasteiger partial charge on any atom is -0.461 e. The summed E-state index contributed by atoms with van der Waals surface area (Å²) in [5.41, 5.74) is 1.86. The number of carbonyl (C=O) groups excluding carboxylic acids is 1. The summed E-state index contributed by atoms with van der Waals surface area (Å²) >= 11 is 0. The molecule has 0 aliphatic rings. The molecule has 0 aliphatic heterocycles. The molecule has 0 unspecified atom stereocenters. The van der Waals surface area contributed by atoms with Crippen LogP contribution in [0.4, 0.5) is 0 Å². The second kappa shape index (κ2) is 8.04. The Balaban J connectivity index is 2.36. The predicted molar refractivity (Wildman–Crippen MR) is 85.9 cm³/mol. The van der Waals surface area contributed by atoms with Gasteiger partial charge in [0.25, 0.3) is 0 Å². The maximum atomic E-state index is 11.9. The van der Waals surface area contributed by atoms with E-state index in [0.29, 0.717) is 12.3 Å². The topological polar surface area (TPSA) is 44.1 Å². The van der Waals surface area contributed by atoms with E-state index in [1.807, 2.05) is 30.3 Å². The van der Waals surface area contributed by atoms with Crippen molar-refractivity contribution in [3.05, 3.63) is 47.8 Å². The van der Waals surface area contributed by atoms with Crippen molar-refractivity contribution in [3.8, 4) is 17.5 Å². The number of ether oxygens (including phenoxy) is 1. The summed E-state index contributed by atoms with van der Waals surface area (Å²) in [4.78, 5) is 11.9. The first-order chi connectivity index (χ1) is 10.8. The average molecular weight is 296 g/mol. The van der Waals surface area contributed by atoms with E-state index in [1.165, 1.54) is 0 Å². The van der Waals surface area contributed by atoms with Crippen LogP contribution in [-0.4, -0.2) is 22.4 Å². The number of unbranched alkanes of at least 4 members (excludes halogenated alkanes) is 2. The van der Waals surface area contributed by atoms with E-state index < -0.39 is 5.97 Å². The molecule has 0 atom stereocenters. The Kier molecular flexibility index (Phi) is 5.79. The molecule has 0 radical (unpaired) electrons. The fourth-order valence-electron chi connectivity index (χ4n) is 1.96. The van der Waals surface area contributed by atoms with E-state index in [1.54, 1.807) is 17.7 Å². The van der Waals surface area contributed by atoms with E-state index in [9.17, 15) is 4.79 Å². The lowest BCUT2D eigenvalue weighted by Crippen LogP contribution is -2.06. The lowest BCUT2D eigenvalue weighted by atomic mass is 10.2. The van der Waals surface area contributed by atoms with Gasteiger partial charge in [-0.3, -0.25) is 0 Å². The first-order valence-corrected chi connectivity index (χ1v) is 7.57. The molecular formula is C18H20N2O2. The van der Waals surface area contributed by atoms with Crippen LogP contribution in [0.1, 0.15) is 49.3 Å². The molecule has 22 heavy (non-hydrogen) atoms. The maximum absolute atomic E-state index is 11.9. The highest BCUT2D eigenvalue weighted by Gasteiger charge is 2.15. The number of hydrogen-bond donors (Lipinski definition) is 0. The fourth-order valence-corrected chi connectivity index (χ4v) is 1.96. The zero-order valence-corrected chi connectivity index (χ0v) is 13.0. The third-order valence-electron chi connectivity index (χ3n) is 3.07. The minimum absolute atomic E-state index is 0.283. The van der Waals surface area contributed by atoms with Crippen molar-refractivity contribution in [2.75, 3.05) is 6.61 Å². The van der Waals surface area contributed by atoms with Gasteiger partial charge >= 0.3 is 5.97 Å². The van der Waals surface area contributed by atoms with Crippen LogP contribution in [-0.2, 0) is 4.74 Å².